The Kier molecular flexibility index (Phi) is 12.4. The molecule has 6 rings (SSSR count). The predicted molar refractivity (Wildman–Crippen MR) is 179 cm³/mol. The van der Waals surface area contributed by atoms with E-state index < -0.39 is 96.3 Å². The van der Waals surface area contributed by atoms with Crippen LogP contribution in [-0.2, 0) is 28.7 Å². The lowest BCUT2D eigenvalue weighted by atomic mass is 10.0. The van der Waals surface area contributed by atoms with Gasteiger partial charge in [-0.25, -0.2) is 9.59 Å². The molecule has 2 aliphatic rings. The lowest BCUT2D eigenvalue weighted by molar-refractivity contribution is -0.137. The maximum Gasteiger partial charge on any atom is 0.416 e. The molecule has 17 nitrogen and oxygen atoms in total. The second-order valence-electron chi connectivity index (χ2n) is 12.5. The Hall–Kier alpha value is -4.93. The van der Waals surface area contributed by atoms with Crippen LogP contribution in [0.3, 0.4) is 0 Å². The Balaban J connectivity index is 0.000000208. The summed E-state index contributed by atoms with van der Waals surface area (Å²) in [5, 5.41) is 58.2. The summed E-state index contributed by atoms with van der Waals surface area (Å²) in [6.07, 6.45) is -12.3. The molecular formula is C34H37F3N4O13. The molecule has 4 heterocycles. The molecule has 0 unspecified atom stereocenters. The van der Waals surface area contributed by atoms with Gasteiger partial charge in [0.1, 0.15) is 54.6 Å². The van der Waals surface area contributed by atoms with Crippen molar-refractivity contribution in [2.75, 3.05) is 20.3 Å². The van der Waals surface area contributed by atoms with E-state index in [1.165, 1.54) is 22.9 Å². The number of alkyl halides is 3. The van der Waals surface area contributed by atoms with E-state index in [0.717, 1.165) is 28.5 Å². The maximum absolute atomic E-state index is 12.6. The van der Waals surface area contributed by atoms with Crippen LogP contribution in [0.15, 0.2) is 80.1 Å². The highest BCUT2D eigenvalue weighted by Crippen LogP contribution is 2.33. The number of H-pyrrole nitrogens is 2. The van der Waals surface area contributed by atoms with Crippen molar-refractivity contribution in [3.8, 4) is 5.75 Å². The first-order valence-electron chi connectivity index (χ1n) is 16.3. The molecule has 0 bridgehead atoms. The van der Waals surface area contributed by atoms with Gasteiger partial charge in [0.05, 0.1) is 50.1 Å². The summed E-state index contributed by atoms with van der Waals surface area (Å²) in [7, 11) is 1.55. The number of halogens is 3. The average molecular weight is 767 g/mol. The minimum absolute atomic E-state index is 0.000566. The lowest BCUT2D eigenvalue weighted by Gasteiger charge is -2.16. The van der Waals surface area contributed by atoms with Crippen LogP contribution in [-0.4, -0.2) is 107 Å². The maximum atomic E-state index is 12.6. The van der Waals surface area contributed by atoms with Crippen molar-refractivity contribution < 1.29 is 58.0 Å². The normalized spacial score (nSPS) is 25.3. The number of nitrogens with zero attached hydrogens (tertiary/aromatic N) is 2. The second kappa shape index (κ2) is 16.6. The Morgan fingerprint density at radius 3 is 1.39 bits per heavy atom. The molecule has 0 saturated carbocycles. The summed E-state index contributed by atoms with van der Waals surface area (Å²) in [5.74, 6) is 0.676. The zero-order valence-corrected chi connectivity index (χ0v) is 28.3. The Morgan fingerprint density at radius 2 is 1.06 bits per heavy atom. The molecule has 2 saturated heterocycles. The molecule has 2 aromatic heterocycles. The standard InChI is InChI=1S/C17H17F3N2O6.C17H20N2O7/c18-17(19,20)9-3-1-8(2-4-9)5-22-6-10(15(26)21-16(22)27)14-13(25)12(24)11(7-23)28-14;1-25-10-4-2-9(3-5-10)6-19-7-11(16(23)18-17(19)24)15-14(22)13(21)12(8-20)26-15/h1-4,6,11-14,23-25H,5,7H2,(H,21,26,27);2-5,7,12-15,20-22H,6,8H2,1H3,(H,18,23,24)/t11-,12-,13-,14+;12-,13-,14-,15+/m11/s1. The number of aromatic nitrogens is 4. The van der Waals surface area contributed by atoms with Crippen molar-refractivity contribution in [1.82, 2.24) is 19.1 Å². The van der Waals surface area contributed by atoms with Gasteiger partial charge in [-0.15, -0.1) is 0 Å². The largest absolute Gasteiger partial charge is 0.497 e. The van der Waals surface area contributed by atoms with E-state index in [1.807, 2.05) is 4.98 Å². The third-order valence-corrected chi connectivity index (χ3v) is 8.92. The van der Waals surface area contributed by atoms with E-state index in [0.29, 0.717) is 11.3 Å². The monoisotopic (exact) mass is 766 g/mol. The SMILES string of the molecule is COc1ccc(Cn2cc([C@@H]3O[C@H](CO)[C@@H](O)[C@H]3O)c(=O)[nH]c2=O)cc1.O=c1[nH]c(=O)n(Cc2ccc(C(F)(F)F)cc2)cc1[C@@H]1O[C@H](CO)[C@@H](O)[C@H]1O. The quantitative estimate of drug-likeness (QED) is 0.0967. The molecule has 2 aliphatic heterocycles. The lowest BCUT2D eigenvalue weighted by Crippen LogP contribution is -2.36. The molecule has 0 aliphatic carbocycles. The fraction of sp³-hybridized carbons (Fsp3) is 0.412. The van der Waals surface area contributed by atoms with Crippen LogP contribution in [0, 0.1) is 0 Å². The van der Waals surface area contributed by atoms with E-state index in [9.17, 15) is 57.9 Å². The highest BCUT2D eigenvalue weighted by molar-refractivity contribution is 5.28. The summed E-state index contributed by atoms with van der Waals surface area (Å²) in [6, 6.07) is 11.2. The van der Waals surface area contributed by atoms with Gasteiger partial charge in [-0.05, 0) is 35.4 Å². The van der Waals surface area contributed by atoms with Crippen LogP contribution < -0.4 is 27.2 Å². The number of rotatable bonds is 9. The minimum Gasteiger partial charge on any atom is -0.497 e. The second-order valence-corrected chi connectivity index (χ2v) is 12.5. The van der Waals surface area contributed by atoms with Gasteiger partial charge in [0, 0.05) is 12.4 Å². The Morgan fingerprint density at radius 1 is 0.667 bits per heavy atom. The van der Waals surface area contributed by atoms with Crippen molar-refractivity contribution in [3.05, 3.63) is 130 Å². The highest BCUT2D eigenvalue weighted by Gasteiger charge is 2.45. The first-order valence-corrected chi connectivity index (χ1v) is 16.3. The molecule has 54 heavy (non-hydrogen) atoms. The van der Waals surface area contributed by atoms with Crippen molar-refractivity contribution in [2.24, 2.45) is 0 Å². The van der Waals surface area contributed by atoms with E-state index in [-0.39, 0.29) is 24.2 Å². The van der Waals surface area contributed by atoms with Gasteiger partial charge in [-0.3, -0.25) is 28.7 Å². The van der Waals surface area contributed by atoms with E-state index in [1.54, 1.807) is 31.4 Å². The molecule has 4 aromatic rings. The summed E-state index contributed by atoms with van der Waals surface area (Å²) in [5.41, 5.74) is -2.80. The smallest absolute Gasteiger partial charge is 0.416 e. The molecule has 8 atom stereocenters. The molecule has 2 fully saturated rings. The molecule has 20 heteroatoms. The van der Waals surface area contributed by atoms with Gasteiger partial charge in [0.2, 0.25) is 0 Å². The van der Waals surface area contributed by atoms with Crippen molar-refractivity contribution >= 4 is 0 Å². The molecule has 0 amide bonds. The van der Waals surface area contributed by atoms with E-state index in [2.05, 4.69) is 4.98 Å². The molecule has 0 radical (unpaired) electrons. The van der Waals surface area contributed by atoms with Gasteiger partial charge in [0.25, 0.3) is 11.1 Å². The van der Waals surface area contributed by atoms with Gasteiger partial charge in [-0.2, -0.15) is 13.2 Å². The summed E-state index contributed by atoms with van der Waals surface area (Å²) in [6.45, 7) is -1.05. The topological polar surface area (TPSA) is 259 Å². The van der Waals surface area contributed by atoms with Crippen LogP contribution in [0.2, 0.25) is 0 Å². The van der Waals surface area contributed by atoms with E-state index >= 15 is 0 Å². The van der Waals surface area contributed by atoms with Gasteiger partial charge in [0.15, 0.2) is 0 Å². The number of methoxy groups -OCH3 is 1. The van der Waals surface area contributed by atoms with Crippen LogP contribution in [0.5, 0.6) is 5.75 Å². The third-order valence-electron chi connectivity index (χ3n) is 8.92. The number of benzene rings is 2. The number of hydrogen-bond donors (Lipinski definition) is 8. The van der Waals surface area contributed by atoms with Gasteiger partial charge < -0.3 is 44.8 Å². The van der Waals surface area contributed by atoms with E-state index in [4.69, 9.17) is 19.3 Å². The summed E-state index contributed by atoms with van der Waals surface area (Å²) >= 11 is 0. The number of nitrogens with one attached hydrogen (secondary N) is 2. The highest BCUT2D eigenvalue weighted by atomic mass is 19.4. The van der Waals surface area contributed by atoms with Crippen LogP contribution in [0.25, 0.3) is 0 Å². The van der Waals surface area contributed by atoms with Crippen molar-refractivity contribution in [1.29, 1.82) is 0 Å². The number of hydrogen-bond acceptors (Lipinski definition) is 13. The van der Waals surface area contributed by atoms with Crippen LogP contribution >= 0.6 is 0 Å². The van der Waals surface area contributed by atoms with Crippen molar-refractivity contribution in [2.45, 2.75) is 68.1 Å². The zero-order valence-electron chi connectivity index (χ0n) is 28.3. The Labute approximate surface area is 301 Å². The van der Waals surface area contributed by atoms with Crippen molar-refractivity contribution in [3.63, 3.8) is 0 Å². The number of aliphatic hydroxyl groups is 6. The number of aromatic amines is 2. The van der Waals surface area contributed by atoms with Crippen LogP contribution in [0.4, 0.5) is 13.2 Å². The summed E-state index contributed by atoms with van der Waals surface area (Å²) < 4.78 is 56.0. The van der Waals surface area contributed by atoms with Gasteiger partial charge in [-0.1, -0.05) is 24.3 Å². The first kappa shape index (κ1) is 40.3. The third kappa shape index (κ3) is 8.71. The molecule has 0 spiro atoms. The number of ether oxygens (including phenoxy) is 3. The molecular weight excluding hydrogens is 729 g/mol. The molecule has 8 N–H and O–H groups in total. The molecule has 2 aromatic carbocycles. The molecule has 292 valence electrons. The predicted octanol–water partition coefficient (Wildman–Crippen LogP) is -1.49. The zero-order chi connectivity index (χ0) is 39.5. The van der Waals surface area contributed by atoms with Crippen LogP contribution in [0.1, 0.15) is 40.0 Å². The number of aliphatic hydroxyl groups excluding tert-OH is 6. The minimum atomic E-state index is -4.49. The fourth-order valence-corrected chi connectivity index (χ4v) is 5.93. The Bertz CT molecular complexity index is 2130. The van der Waals surface area contributed by atoms with Gasteiger partial charge >= 0.3 is 17.6 Å². The summed E-state index contributed by atoms with van der Waals surface area (Å²) in [4.78, 5) is 52.6. The average Bonchev–Trinajstić information content (AvgIpc) is 3.59. The fourth-order valence-electron chi connectivity index (χ4n) is 5.93. The first-order chi connectivity index (χ1) is 25.6.